The summed E-state index contributed by atoms with van der Waals surface area (Å²) in [5.74, 6) is -1.77. The molecule has 26 heavy (non-hydrogen) atoms. The Morgan fingerprint density at radius 2 is 2.04 bits per heavy atom. The van der Waals surface area contributed by atoms with Gasteiger partial charge in [0.05, 0.1) is 18.7 Å². The van der Waals surface area contributed by atoms with Gasteiger partial charge in [-0.3, -0.25) is 14.4 Å². The topological polar surface area (TPSA) is 117 Å². The van der Waals surface area contributed by atoms with Gasteiger partial charge in [0, 0.05) is 18.7 Å². The molecule has 0 saturated carbocycles. The monoisotopic (exact) mass is 357 g/mol. The van der Waals surface area contributed by atoms with Crippen molar-refractivity contribution in [3.8, 4) is 0 Å². The summed E-state index contributed by atoms with van der Waals surface area (Å²) in [6.07, 6.45) is 1.62. The molecule has 9 heteroatoms. The van der Waals surface area contributed by atoms with Gasteiger partial charge in [0.25, 0.3) is 0 Å². The molecule has 2 heterocycles. The van der Waals surface area contributed by atoms with Gasteiger partial charge in [0.2, 0.25) is 11.8 Å². The lowest BCUT2D eigenvalue weighted by Gasteiger charge is -2.16. The number of amides is 2. The summed E-state index contributed by atoms with van der Waals surface area (Å²) in [4.78, 5) is 36.8. The molecule has 1 unspecified atom stereocenters. The van der Waals surface area contributed by atoms with Gasteiger partial charge in [-0.1, -0.05) is 22.9 Å². The van der Waals surface area contributed by atoms with Crippen molar-refractivity contribution in [1.29, 1.82) is 0 Å². The lowest BCUT2D eigenvalue weighted by Crippen LogP contribution is -2.32. The maximum atomic E-state index is 12.3. The summed E-state index contributed by atoms with van der Waals surface area (Å²) in [6, 6.07) is 7.59. The summed E-state index contributed by atoms with van der Waals surface area (Å²) >= 11 is 0. The maximum Gasteiger partial charge on any atom is 0.325 e. The number of aromatic nitrogens is 3. The fraction of sp³-hybridized carbons (Fsp3) is 0.353. The molecule has 3 rings (SSSR count). The molecule has 1 aliphatic rings. The average molecular weight is 357 g/mol. The van der Waals surface area contributed by atoms with E-state index in [0.29, 0.717) is 12.2 Å². The van der Waals surface area contributed by atoms with Gasteiger partial charge < -0.3 is 15.3 Å². The molecule has 9 nitrogen and oxygen atoms in total. The highest BCUT2D eigenvalue weighted by Gasteiger charge is 2.35. The van der Waals surface area contributed by atoms with E-state index in [4.69, 9.17) is 5.11 Å². The van der Waals surface area contributed by atoms with Gasteiger partial charge >= 0.3 is 5.97 Å². The first-order valence-electron chi connectivity index (χ1n) is 8.18. The number of benzene rings is 1. The SMILES string of the molecule is Cc1ccc(N2CC(C(=O)NCc3cn(CC(=O)O)nn3)CC2=O)cc1. The van der Waals surface area contributed by atoms with E-state index in [2.05, 4.69) is 15.6 Å². The number of carboxylic acids is 1. The molecule has 1 fully saturated rings. The van der Waals surface area contributed by atoms with Crippen LogP contribution in [0.4, 0.5) is 5.69 Å². The largest absolute Gasteiger partial charge is 0.480 e. The molecule has 1 saturated heterocycles. The second-order valence-electron chi connectivity index (χ2n) is 6.26. The summed E-state index contributed by atoms with van der Waals surface area (Å²) in [5, 5.41) is 18.9. The van der Waals surface area contributed by atoms with Gasteiger partial charge in [-0.15, -0.1) is 5.10 Å². The third-order valence-corrected chi connectivity index (χ3v) is 4.17. The zero-order valence-electron chi connectivity index (χ0n) is 14.3. The normalized spacial score (nSPS) is 16.7. The quantitative estimate of drug-likeness (QED) is 0.770. The first kappa shape index (κ1) is 17.6. The van der Waals surface area contributed by atoms with Crippen LogP contribution >= 0.6 is 0 Å². The summed E-state index contributed by atoms with van der Waals surface area (Å²) in [6.45, 7) is 2.15. The third-order valence-electron chi connectivity index (χ3n) is 4.17. The molecular formula is C17H19N5O4. The van der Waals surface area contributed by atoms with Crippen LogP contribution in [0, 0.1) is 12.8 Å². The van der Waals surface area contributed by atoms with Crippen LogP contribution in [0.25, 0.3) is 0 Å². The fourth-order valence-corrected chi connectivity index (χ4v) is 2.81. The number of aliphatic carboxylic acids is 1. The van der Waals surface area contributed by atoms with E-state index in [1.165, 1.54) is 10.9 Å². The Labute approximate surface area is 149 Å². The first-order valence-corrected chi connectivity index (χ1v) is 8.18. The highest BCUT2D eigenvalue weighted by Crippen LogP contribution is 2.25. The number of hydrogen-bond acceptors (Lipinski definition) is 5. The lowest BCUT2D eigenvalue weighted by molar-refractivity contribution is -0.138. The van der Waals surface area contributed by atoms with E-state index in [-0.39, 0.29) is 31.3 Å². The zero-order chi connectivity index (χ0) is 18.7. The molecule has 0 bridgehead atoms. The third kappa shape index (κ3) is 4.05. The van der Waals surface area contributed by atoms with Crippen LogP contribution < -0.4 is 10.2 Å². The Kier molecular flexibility index (Phi) is 4.97. The van der Waals surface area contributed by atoms with Crippen LogP contribution in [0.5, 0.6) is 0 Å². The average Bonchev–Trinajstić information content (AvgIpc) is 3.19. The number of nitrogens with one attached hydrogen (secondary N) is 1. The van der Waals surface area contributed by atoms with Crippen molar-refractivity contribution in [1.82, 2.24) is 20.3 Å². The van der Waals surface area contributed by atoms with Crippen LogP contribution in [-0.4, -0.2) is 44.4 Å². The van der Waals surface area contributed by atoms with Crippen molar-refractivity contribution in [3.05, 3.63) is 41.7 Å². The molecule has 2 N–H and O–H groups in total. The summed E-state index contributed by atoms with van der Waals surface area (Å²) in [7, 11) is 0. The zero-order valence-corrected chi connectivity index (χ0v) is 14.3. The summed E-state index contributed by atoms with van der Waals surface area (Å²) < 4.78 is 1.18. The van der Waals surface area contributed by atoms with Gasteiger partial charge in [0.15, 0.2) is 0 Å². The van der Waals surface area contributed by atoms with Crippen molar-refractivity contribution in [2.24, 2.45) is 5.92 Å². The second-order valence-corrected chi connectivity index (χ2v) is 6.26. The van der Waals surface area contributed by atoms with Crippen molar-refractivity contribution in [2.75, 3.05) is 11.4 Å². The van der Waals surface area contributed by atoms with Crippen LogP contribution in [0.3, 0.4) is 0 Å². The number of nitrogens with zero attached hydrogens (tertiary/aromatic N) is 4. The Hall–Kier alpha value is -3.23. The van der Waals surface area contributed by atoms with Gasteiger partial charge in [-0.05, 0) is 19.1 Å². The number of carbonyl (C=O) groups is 3. The Balaban J connectivity index is 1.55. The van der Waals surface area contributed by atoms with Crippen molar-refractivity contribution >= 4 is 23.5 Å². The van der Waals surface area contributed by atoms with E-state index >= 15 is 0 Å². The standard InChI is InChI=1S/C17H19N5O4/c1-11-2-4-14(5-3-11)22-8-12(6-15(22)23)17(26)18-7-13-9-21(20-19-13)10-16(24)25/h2-5,9,12H,6-8,10H2,1H3,(H,18,26)(H,24,25). The molecule has 0 spiro atoms. The molecule has 1 atom stereocenters. The molecule has 2 aromatic rings. The van der Waals surface area contributed by atoms with Gasteiger partial charge in [-0.2, -0.15) is 0 Å². The number of carbonyl (C=O) groups excluding carboxylic acids is 2. The summed E-state index contributed by atoms with van der Waals surface area (Å²) in [5.41, 5.74) is 2.34. The van der Waals surface area contributed by atoms with E-state index < -0.39 is 11.9 Å². The fourth-order valence-electron chi connectivity index (χ4n) is 2.81. The minimum absolute atomic E-state index is 0.0820. The Morgan fingerprint density at radius 3 is 2.73 bits per heavy atom. The van der Waals surface area contributed by atoms with Crippen LogP contribution in [-0.2, 0) is 27.5 Å². The highest BCUT2D eigenvalue weighted by atomic mass is 16.4. The van der Waals surface area contributed by atoms with Gasteiger partial charge in [-0.25, -0.2) is 4.68 Å². The molecule has 2 amide bonds. The van der Waals surface area contributed by atoms with E-state index in [1.807, 2.05) is 31.2 Å². The van der Waals surface area contributed by atoms with Crippen LogP contribution in [0.2, 0.25) is 0 Å². The molecular weight excluding hydrogens is 338 g/mol. The maximum absolute atomic E-state index is 12.3. The number of carboxylic acid groups (broad SMARTS) is 1. The minimum atomic E-state index is -1.02. The molecule has 136 valence electrons. The van der Waals surface area contributed by atoms with Crippen molar-refractivity contribution in [3.63, 3.8) is 0 Å². The van der Waals surface area contributed by atoms with Crippen LogP contribution in [0.1, 0.15) is 17.7 Å². The van der Waals surface area contributed by atoms with Crippen molar-refractivity contribution in [2.45, 2.75) is 26.4 Å². The minimum Gasteiger partial charge on any atom is -0.480 e. The number of hydrogen-bond donors (Lipinski definition) is 2. The number of rotatable bonds is 6. The van der Waals surface area contributed by atoms with E-state index in [0.717, 1.165) is 11.3 Å². The van der Waals surface area contributed by atoms with Crippen molar-refractivity contribution < 1.29 is 19.5 Å². The van der Waals surface area contributed by atoms with Crippen LogP contribution in [0.15, 0.2) is 30.5 Å². The Morgan fingerprint density at radius 1 is 1.31 bits per heavy atom. The number of anilines is 1. The molecule has 1 aliphatic heterocycles. The number of aryl methyl sites for hydroxylation is 1. The van der Waals surface area contributed by atoms with E-state index in [9.17, 15) is 14.4 Å². The smallest absolute Gasteiger partial charge is 0.325 e. The van der Waals surface area contributed by atoms with E-state index in [1.54, 1.807) is 4.90 Å². The molecule has 0 radical (unpaired) electrons. The first-order chi connectivity index (χ1) is 12.4. The Bertz CT molecular complexity index is 830. The molecule has 1 aromatic carbocycles. The predicted octanol–water partition coefficient (Wildman–Crippen LogP) is 0.340. The second kappa shape index (κ2) is 7.34. The molecule has 1 aromatic heterocycles. The van der Waals surface area contributed by atoms with Gasteiger partial charge in [0.1, 0.15) is 12.2 Å². The highest BCUT2D eigenvalue weighted by molar-refractivity contribution is 6.00. The predicted molar refractivity (Wildman–Crippen MR) is 91.1 cm³/mol. The lowest BCUT2D eigenvalue weighted by atomic mass is 10.1. The molecule has 0 aliphatic carbocycles.